The number of benzene rings is 1. The van der Waals surface area contributed by atoms with Crippen molar-refractivity contribution in [3.8, 4) is 0 Å². The first-order valence-corrected chi connectivity index (χ1v) is 3.26. The van der Waals surface area contributed by atoms with Crippen molar-refractivity contribution in [2.24, 2.45) is 4.99 Å². The molecule has 1 aromatic rings. The number of nitrogens with two attached hydrogens (primary N) is 1. The number of anilines is 1. The van der Waals surface area contributed by atoms with Crippen LogP contribution in [0.3, 0.4) is 0 Å². The van der Waals surface area contributed by atoms with Gasteiger partial charge in [-0.25, -0.2) is 4.99 Å². The Morgan fingerprint density at radius 2 is 2.18 bits per heavy atom. The van der Waals surface area contributed by atoms with Crippen molar-refractivity contribution in [2.75, 3.05) is 5.73 Å². The second-order valence-electron chi connectivity index (χ2n) is 2.41. The summed E-state index contributed by atoms with van der Waals surface area (Å²) < 4.78 is 0. The Kier molecular flexibility index (Phi) is 1.06. The number of amides is 1. The van der Waals surface area contributed by atoms with E-state index in [1.807, 2.05) is 0 Å². The Hall–Kier alpha value is -1.64. The van der Waals surface area contributed by atoms with Crippen molar-refractivity contribution in [2.45, 2.75) is 0 Å². The highest BCUT2D eigenvalue weighted by Gasteiger charge is 2.01. The quantitative estimate of drug-likeness (QED) is 0.487. The molecular formula is C8H6N2O. The summed E-state index contributed by atoms with van der Waals surface area (Å²) in [5, 5.41) is 1.53. The second-order valence-corrected chi connectivity index (χ2v) is 2.41. The third-order valence-corrected chi connectivity index (χ3v) is 1.56. The normalized spacial score (nSPS) is 13.6. The molecule has 0 atom stereocenters. The predicted molar refractivity (Wildman–Crippen MR) is 41.1 cm³/mol. The van der Waals surface area contributed by atoms with Gasteiger partial charge < -0.3 is 5.73 Å². The Bertz CT molecular complexity index is 434. The van der Waals surface area contributed by atoms with Crippen LogP contribution in [0.5, 0.6) is 0 Å². The van der Waals surface area contributed by atoms with E-state index in [0.29, 0.717) is 11.0 Å². The third kappa shape index (κ3) is 0.902. The van der Waals surface area contributed by atoms with Crippen molar-refractivity contribution in [1.82, 2.24) is 0 Å². The minimum atomic E-state index is -0.203. The summed E-state index contributed by atoms with van der Waals surface area (Å²) in [5.41, 5.74) is 6.13. The van der Waals surface area contributed by atoms with Crippen molar-refractivity contribution in [1.29, 1.82) is 0 Å². The zero-order valence-electron chi connectivity index (χ0n) is 5.74. The number of carbonyl (C=O) groups is 1. The van der Waals surface area contributed by atoms with Gasteiger partial charge in [0.05, 0.1) is 5.36 Å². The minimum Gasteiger partial charge on any atom is -0.399 e. The van der Waals surface area contributed by atoms with Crippen LogP contribution in [0, 0.1) is 0 Å². The maximum absolute atomic E-state index is 10.7. The Balaban J connectivity index is 2.89. The van der Waals surface area contributed by atoms with Crippen LogP contribution in [0.4, 0.5) is 5.69 Å². The average molecular weight is 146 g/mol. The molecule has 2 N–H and O–H groups in total. The number of nitrogens with zero attached hydrogens (tertiary/aromatic N) is 1. The van der Waals surface area contributed by atoms with Gasteiger partial charge in [-0.3, -0.25) is 4.79 Å². The molecule has 0 saturated heterocycles. The van der Waals surface area contributed by atoms with E-state index in [4.69, 9.17) is 5.73 Å². The summed E-state index contributed by atoms with van der Waals surface area (Å²) in [7, 11) is 0. The van der Waals surface area contributed by atoms with E-state index < -0.39 is 0 Å². The highest BCUT2D eigenvalue weighted by molar-refractivity contribution is 6.06. The average Bonchev–Trinajstić information content (AvgIpc) is 2.27. The fourth-order valence-corrected chi connectivity index (χ4v) is 1.06. The molecule has 54 valence electrons. The Morgan fingerprint density at radius 1 is 1.36 bits per heavy atom. The van der Waals surface area contributed by atoms with Gasteiger partial charge in [0.15, 0.2) is 0 Å². The first-order valence-electron chi connectivity index (χ1n) is 3.26. The molecule has 0 saturated carbocycles. The molecule has 3 heteroatoms. The van der Waals surface area contributed by atoms with Gasteiger partial charge in [0.1, 0.15) is 0 Å². The van der Waals surface area contributed by atoms with E-state index in [2.05, 4.69) is 4.99 Å². The van der Waals surface area contributed by atoms with Crippen LogP contribution in [-0.2, 0) is 4.79 Å². The van der Waals surface area contributed by atoms with Crippen molar-refractivity contribution in [3.05, 3.63) is 28.8 Å². The van der Waals surface area contributed by atoms with Crippen LogP contribution >= 0.6 is 0 Å². The lowest BCUT2D eigenvalue weighted by molar-refractivity contribution is -0.112. The first-order chi connectivity index (χ1) is 5.25. The molecule has 0 fully saturated rings. The molecule has 2 rings (SSSR count). The van der Waals surface area contributed by atoms with Crippen LogP contribution in [0.1, 0.15) is 0 Å². The first kappa shape index (κ1) is 6.09. The van der Waals surface area contributed by atoms with Gasteiger partial charge in [0, 0.05) is 17.0 Å². The van der Waals surface area contributed by atoms with Gasteiger partial charge >= 0.3 is 0 Å². The number of hydrogen-bond acceptors (Lipinski definition) is 2. The standard InChI is InChI=1S/C8H6N2O/c9-6-2-1-5-3-8(11)10-7(5)4-6/h1-4H,9H2. The van der Waals surface area contributed by atoms with E-state index in [1.54, 1.807) is 18.2 Å². The predicted octanol–water partition coefficient (Wildman–Crippen LogP) is -0.791. The van der Waals surface area contributed by atoms with Crippen LogP contribution < -0.4 is 16.3 Å². The topological polar surface area (TPSA) is 55.4 Å². The lowest BCUT2D eigenvalue weighted by atomic mass is 10.2. The summed E-state index contributed by atoms with van der Waals surface area (Å²) in [6.45, 7) is 0. The maximum Gasteiger partial charge on any atom is 0.270 e. The number of rotatable bonds is 0. The molecule has 0 aliphatic carbocycles. The minimum absolute atomic E-state index is 0.203. The van der Waals surface area contributed by atoms with Crippen LogP contribution in [0.15, 0.2) is 23.2 Å². The number of fused-ring (bicyclic) bond motifs is 1. The summed E-state index contributed by atoms with van der Waals surface area (Å²) in [6, 6.07) is 5.24. The van der Waals surface area contributed by atoms with Crippen LogP contribution in [0.25, 0.3) is 6.08 Å². The fraction of sp³-hybridized carbons (Fsp3) is 0. The van der Waals surface area contributed by atoms with E-state index in [9.17, 15) is 4.79 Å². The summed E-state index contributed by atoms with van der Waals surface area (Å²) in [5.74, 6) is -0.203. The van der Waals surface area contributed by atoms with E-state index in [1.165, 1.54) is 6.08 Å². The molecule has 3 nitrogen and oxygen atoms in total. The van der Waals surface area contributed by atoms with Crippen LogP contribution in [-0.4, -0.2) is 5.91 Å². The van der Waals surface area contributed by atoms with Gasteiger partial charge in [-0.15, -0.1) is 0 Å². The molecule has 1 aliphatic heterocycles. The molecule has 0 aromatic heterocycles. The number of carbonyl (C=O) groups excluding carboxylic acids is 1. The lowest BCUT2D eigenvalue weighted by Crippen LogP contribution is -2.20. The van der Waals surface area contributed by atoms with Gasteiger partial charge in [0.25, 0.3) is 5.91 Å². The van der Waals surface area contributed by atoms with E-state index >= 15 is 0 Å². The maximum atomic E-state index is 10.7. The summed E-state index contributed by atoms with van der Waals surface area (Å²) >= 11 is 0. The molecule has 11 heavy (non-hydrogen) atoms. The zero-order valence-corrected chi connectivity index (χ0v) is 5.74. The largest absolute Gasteiger partial charge is 0.399 e. The molecule has 1 aromatic carbocycles. The summed E-state index contributed by atoms with van der Waals surface area (Å²) in [4.78, 5) is 14.5. The highest BCUT2D eigenvalue weighted by Crippen LogP contribution is 1.92. The second kappa shape index (κ2) is 1.92. The summed E-state index contributed by atoms with van der Waals surface area (Å²) in [6.07, 6.45) is 1.49. The molecule has 0 bridgehead atoms. The number of nitrogen functional groups attached to an aromatic ring is 1. The molecule has 1 heterocycles. The zero-order chi connectivity index (χ0) is 7.84. The van der Waals surface area contributed by atoms with Gasteiger partial charge in [-0.1, -0.05) is 6.07 Å². The van der Waals surface area contributed by atoms with Crippen LogP contribution in [0.2, 0.25) is 0 Å². The van der Waals surface area contributed by atoms with Gasteiger partial charge in [0.2, 0.25) is 0 Å². The highest BCUT2D eigenvalue weighted by atomic mass is 16.1. The number of hydrogen-bond donors (Lipinski definition) is 1. The van der Waals surface area contributed by atoms with Crippen molar-refractivity contribution < 1.29 is 4.79 Å². The molecule has 1 amide bonds. The van der Waals surface area contributed by atoms with Gasteiger partial charge in [-0.2, -0.15) is 0 Å². The Labute approximate surface area is 62.9 Å². The van der Waals surface area contributed by atoms with Crippen molar-refractivity contribution >= 4 is 17.7 Å². The van der Waals surface area contributed by atoms with E-state index in [-0.39, 0.29) is 5.91 Å². The molecular weight excluding hydrogens is 140 g/mol. The SMILES string of the molecule is Nc1ccc2c(c1)=NC(=O)C=2. The van der Waals surface area contributed by atoms with Crippen molar-refractivity contribution in [3.63, 3.8) is 0 Å². The van der Waals surface area contributed by atoms with Gasteiger partial charge in [-0.05, 0) is 12.1 Å². The monoisotopic (exact) mass is 146 g/mol. The molecule has 0 radical (unpaired) electrons. The Morgan fingerprint density at radius 3 is 3.00 bits per heavy atom. The molecule has 0 unspecified atom stereocenters. The molecule has 0 spiro atoms. The van der Waals surface area contributed by atoms with E-state index in [0.717, 1.165) is 5.22 Å². The third-order valence-electron chi connectivity index (χ3n) is 1.56. The molecule has 1 aliphatic rings. The smallest absolute Gasteiger partial charge is 0.270 e. The fourth-order valence-electron chi connectivity index (χ4n) is 1.06. The lowest BCUT2D eigenvalue weighted by Gasteiger charge is -1.87.